The lowest BCUT2D eigenvalue weighted by Crippen LogP contribution is -2.31. The lowest BCUT2D eigenvalue weighted by atomic mass is 10.2. The summed E-state index contributed by atoms with van der Waals surface area (Å²) in [5.74, 6) is 0.400. The zero-order valence-electron chi connectivity index (χ0n) is 16.9. The van der Waals surface area contributed by atoms with Crippen molar-refractivity contribution in [3.8, 4) is 0 Å². The minimum Gasteiger partial charge on any atom is -0.300 e. The van der Waals surface area contributed by atoms with E-state index in [1.807, 2.05) is 29.7 Å². The van der Waals surface area contributed by atoms with E-state index in [2.05, 4.69) is 40.6 Å². The first kappa shape index (κ1) is 23.1. The van der Waals surface area contributed by atoms with E-state index in [0.717, 1.165) is 15.0 Å². The van der Waals surface area contributed by atoms with Crippen LogP contribution >= 0.6 is 58.4 Å². The average Bonchev–Trinajstić information content (AvgIpc) is 3.48. The Morgan fingerprint density at radius 1 is 1.28 bits per heavy atom. The van der Waals surface area contributed by atoms with Crippen LogP contribution in [0.1, 0.15) is 22.4 Å². The smallest absolute Gasteiger partial charge is 0.266 e. The van der Waals surface area contributed by atoms with Crippen LogP contribution in [-0.2, 0) is 15.3 Å². The predicted molar refractivity (Wildman–Crippen MR) is 138 cm³/mol. The van der Waals surface area contributed by atoms with Crippen molar-refractivity contribution in [1.82, 2.24) is 15.1 Å². The number of thioether (sulfide) groups is 2. The lowest BCUT2D eigenvalue weighted by molar-refractivity contribution is -0.122. The number of hydrogen-bond acceptors (Lipinski definition) is 9. The summed E-state index contributed by atoms with van der Waals surface area (Å²) in [5.41, 5.74) is 2.43. The van der Waals surface area contributed by atoms with Gasteiger partial charge < -0.3 is 5.32 Å². The summed E-state index contributed by atoms with van der Waals surface area (Å²) < 4.78 is 1.26. The van der Waals surface area contributed by atoms with Crippen LogP contribution in [0.4, 0.5) is 5.13 Å². The van der Waals surface area contributed by atoms with Crippen LogP contribution in [0, 0.1) is 6.92 Å². The monoisotopic (exact) mass is 518 g/mol. The number of benzene rings is 1. The minimum atomic E-state index is -0.229. The summed E-state index contributed by atoms with van der Waals surface area (Å²) >= 11 is 11.1. The van der Waals surface area contributed by atoms with Gasteiger partial charge in [-0.1, -0.05) is 83.0 Å². The molecule has 0 aliphatic carbocycles. The largest absolute Gasteiger partial charge is 0.300 e. The molecule has 1 N–H and O–H groups in total. The molecule has 3 aromatic rings. The molecule has 1 aliphatic heterocycles. The normalized spacial score (nSPS) is 15.0. The highest BCUT2D eigenvalue weighted by atomic mass is 32.2. The Morgan fingerprint density at radius 3 is 2.94 bits per heavy atom. The van der Waals surface area contributed by atoms with E-state index in [1.165, 1.54) is 39.1 Å². The van der Waals surface area contributed by atoms with Gasteiger partial charge in [-0.25, -0.2) is 0 Å². The molecule has 11 heteroatoms. The molecule has 1 fully saturated rings. The van der Waals surface area contributed by atoms with Crippen molar-refractivity contribution >= 4 is 85.8 Å². The van der Waals surface area contributed by atoms with Gasteiger partial charge >= 0.3 is 0 Å². The zero-order valence-corrected chi connectivity index (χ0v) is 21.0. The number of thiocarbonyl (C=S) groups is 1. The van der Waals surface area contributed by atoms with E-state index in [0.29, 0.717) is 14.4 Å². The van der Waals surface area contributed by atoms with E-state index in [4.69, 9.17) is 12.2 Å². The van der Waals surface area contributed by atoms with Crippen molar-refractivity contribution in [2.75, 3.05) is 11.9 Å². The van der Waals surface area contributed by atoms with E-state index in [9.17, 15) is 9.59 Å². The summed E-state index contributed by atoms with van der Waals surface area (Å²) in [5, 5.41) is 13.3. The number of aromatic nitrogens is 2. The Balaban J connectivity index is 1.26. The fourth-order valence-corrected chi connectivity index (χ4v) is 6.60. The van der Waals surface area contributed by atoms with Crippen LogP contribution in [0.15, 0.2) is 51.0 Å². The summed E-state index contributed by atoms with van der Waals surface area (Å²) in [6.45, 7) is 2.29. The van der Waals surface area contributed by atoms with Crippen LogP contribution in [0.25, 0.3) is 6.08 Å². The molecule has 0 spiro atoms. The molecule has 0 bridgehead atoms. The van der Waals surface area contributed by atoms with Gasteiger partial charge in [0.25, 0.3) is 5.91 Å². The molecule has 4 rings (SSSR count). The molecule has 2 aromatic heterocycles. The van der Waals surface area contributed by atoms with E-state index < -0.39 is 0 Å². The van der Waals surface area contributed by atoms with Crippen LogP contribution in [0.2, 0.25) is 0 Å². The third-order valence-electron chi connectivity index (χ3n) is 4.35. The highest BCUT2D eigenvalue weighted by Crippen LogP contribution is 2.33. The molecule has 32 heavy (non-hydrogen) atoms. The summed E-state index contributed by atoms with van der Waals surface area (Å²) in [6, 6.07) is 12.2. The van der Waals surface area contributed by atoms with Crippen LogP contribution < -0.4 is 5.32 Å². The molecule has 1 aliphatic rings. The number of nitrogens with zero attached hydrogens (tertiary/aromatic N) is 3. The first-order chi connectivity index (χ1) is 15.5. The summed E-state index contributed by atoms with van der Waals surface area (Å²) in [4.78, 5) is 28.0. The van der Waals surface area contributed by atoms with Gasteiger partial charge in [0.2, 0.25) is 11.0 Å². The number of amides is 2. The quantitative estimate of drug-likeness (QED) is 0.184. The van der Waals surface area contributed by atoms with Crippen LogP contribution in [0.5, 0.6) is 0 Å². The molecular weight excluding hydrogens is 501 g/mol. The molecular formula is C21H18N4O2S5. The van der Waals surface area contributed by atoms with Gasteiger partial charge in [-0.15, -0.1) is 21.5 Å². The number of nitrogens with one attached hydrogen (secondary N) is 1. The second kappa shape index (κ2) is 10.7. The van der Waals surface area contributed by atoms with E-state index in [1.54, 1.807) is 23.1 Å². The lowest BCUT2D eigenvalue weighted by Gasteiger charge is -2.13. The van der Waals surface area contributed by atoms with E-state index >= 15 is 0 Å². The minimum absolute atomic E-state index is 0.129. The van der Waals surface area contributed by atoms with Gasteiger partial charge in [-0.05, 0) is 30.0 Å². The Morgan fingerprint density at radius 2 is 2.16 bits per heavy atom. The van der Waals surface area contributed by atoms with Crippen molar-refractivity contribution in [3.63, 3.8) is 0 Å². The first-order valence-electron chi connectivity index (χ1n) is 9.58. The van der Waals surface area contributed by atoms with Crippen LogP contribution in [0.3, 0.4) is 0 Å². The fraction of sp³-hybridized carbons (Fsp3) is 0.190. The van der Waals surface area contributed by atoms with Crippen molar-refractivity contribution in [2.24, 2.45) is 0 Å². The van der Waals surface area contributed by atoms with Crippen molar-refractivity contribution in [1.29, 1.82) is 0 Å². The van der Waals surface area contributed by atoms with Gasteiger partial charge in [-0.2, -0.15) is 0 Å². The van der Waals surface area contributed by atoms with E-state index in [-0.39, 0.29) is 24.8 Å². The third kappa shape index (κ3) is 6.04. The second-order valence-corrected chi connectivity index (χ2v) is 11.7. The number of aryl methyl sites for hydroxylation is 1. The fourth-order valence-electron chi connectivity index (χ4n) is 2.86. The highest BCUT2D eigenvalue weighted by Gasteiger charge is 2.32. The summed E-state index contributed by atoms with van der Waals surface area (Å²) in [7, 11) is 0. The van der Waals surface area contributed by atoms with Gasteiger partial charge in [0.1, 0.15) is 4.32 Å². The van der Waals surface area contributed by atoms with Crippen molar-refractivity contribution < 1.29 is 9.59 Å². The molecule has 2 amide bonds. The molecule has 3 heterocycles. The predicted octanol–water partition coefficient (Wildman–Crippen LogP) is 5.43. The first-order valence-corrected chi connectivity index (χ1v) is 13.5. The maximum atomic E-state index is 12.6. The number of hydrogen-bond donors (Lipinski definition) is 1. The summed E-state index contributed by atoms with van der Waals surface area (Å²) in [6.07, 6.45) is 1.96. The topological polar surface area (TPSA) is 75.2 Å². The number of carbonyl (C=O) groups is 2. The van der Waals surface area contributed by atoms with Gasteiger partial charge in [0.05, 0.1) is 4.91 Å². The van der Waals surface area contributed by atoms with Crippen molar-refractivity contribution in [3.05, 3.63) is 62.7 Å². The highest BCUT2D eigenvalue weighted by molar-refractivity contribution is 8.26. The molecule has 0 saturated carbocycles. The SMILES string of the molecule is Cc1cccc(CSc2nnc(NC(=O)CCN3C(=O)/C(=C/c4cccs4)SC3=S)s2)c1. The number of carbonyl (C=O) groups excluding carboxylic acids is 2. The maximum absolute atomic E-state index is 12.6. The van der Waals surface area contributed by atoms with Gasteiger partial charge in [0, 0.05) is 23.6 Å². The van der Waals surface area contributed by atoms with Crippen LogP contribution in [-0.4, -0.2) is 37.8 Å². The molecule has 6 nitrogen and oxygen atoms in total. The van der Waals surface area contributed by atoms with Gasteiger partial charge in [0.15, 0.2) is 4.34 Å². The average molecular weight is 519 g/mol. The molecule has 0 radical (unpaired) electrons. The molecule has 1 saturated heterocycles. The zero-order chi connectivity index (χ0) is 22.5. The molecule has 1 aromatic carbocycles. The Hall–Kier alpha value is -2.05. The Labute approximate surface area is 207 Å². The van der Waals surface area contributed by atoms with Gasteiger partial charge in [-0.3, -0.25) is 14.5 Å². The molecule has 164 valence electrons. The number of anilines is 1. The third-order valence-corrected chi connectivity index (χ3v) is 8.59. The number of rotatable bonds is 8. The van der Waals surface area contributed by atoms with Crippen molar-refractivity contribution in [2.45, 2.75) is 23.4 Å². The molecule has 0 unspecified atom stereocenters. The Kier molecular flexibility index (Phi) is 7.74. The second-order valence-electron chi connectivity index (χ2n) is 6.80. The standard InChI is InChI=1S/C21H18N4O2S5/c1-13-4-2-5-14(10-13)12-30-20-24-23-19(32-20)22-17(26)7-8-25-18(27)16(31-21(25)28)11-15-6-3-9-29-15/h2-6,9-11H,7-8,12H2,1H3,(H,22,23,26)/b16-11-. The molecule has 0 atom stereocenters. The maximum Gasteiger partial charge on any atom is 0.266 e. The Bertz CT molecular complexity index is 1170. The number of thiophene rings is 1.